The number of aryl methyl sites for hydroxylation is 1. The van der Waals surface area contributed by atoms with Crippen molar-refractivity contribution in [2.75, 3.05) is 5.32 Å². The van der Waals surface area contributed by atoms with Gasteiger partial charge in [-0.25, -0.2) is 9.97 Å². The first kappa shape index (κ1) is 15.5. The molecule has 0 aliphatic heterocycles. The van der Waals surface area contributed by atoms with E-state index in [0.717, 1.165) is 22.2 Å². The lowest BCUT2D eigenvalue weighted by atomic mass is 10.1. The van der Waals surface area contributed by atoms with Gasteiger partial charge >= 0.3 is 0 Å². The highest BCUT2D eigenvalue weighted by Crippen LogP contribution is 2.27. The van der Waals surface area contributed by atoms with E-state index in [1.54, 1.807) is 11.3 Å². The minimum Gasteiger partial charge on any atom is -0.340 e. The lowest BCUT2D eigenvalue weighted by molar-refractivity contribution is 1.28. The first-order valence-electron chi connectivity index (χ1n) is 8.10. The van der Waals surface area contributed by atoms with Crippen molar-refractivity contribution < 1.29 is 0 Å². The minimum atomic E-state index is 0.815. The quantitative estimate of drug-likeness (QED) is 0.499. The molecule has 0 amide bonds. The fourth-order valence-electron chi connectivity index (χ4n) is 2.65. The van der Waals surface area contributed by atoms with E-state index >= 15 is 0 Å². The Morgan fingerprint density at radius 1 is 0.840 bits per heavy atom. The Morgan fingerprint density at radius 3 is 2.44 bits per heavy atom. The van der Waals surface area contributed by atoms with Gasteiger partial charge in [0, 0.05) is 16.8 Å². The van der Waals surface area contributed by atoms with E-state index in [-0.39, 0.29) is 0 Å². The second-order valence-electron chi connectivity index (χ2n) is 5.76. The summed E-state index contributed by atoms with van der Waals surface area (Å²) in [5, 5.41) is 4.34. The second-order valence-corrected chi connectivity index (χ2v) is 6.99. The van der Waals surface area contributed by atoms with E-state index in [9.17, 15) is 0 Å². The molecule has 0 bridgehead atoms. The van der Waals surface area contributed by atoms with Crippen molar-refractivity contribution in [2.45, 2.75) is 6.92 Å². The molecule has 0 unspecified atom stereocenters. The summed E-state index contributed by atoms with van der Waals surface area (Å²) >= 11 is 1.65. The molecule has 0 radical (unpaired) electrons. The van der Waals surface area contributed by atoms with Crippen molar-refractivity contribution in [1.82, 2.24) is 9.97 Å². The normalized spacial score (nSPS) is 10.6. The standard InChI is InChI=1S/C21H17N3S/c1-15-14-22-21(25-15)19-11-6-12-20(24-19)23-18-10-5-9-17(13-18)16-7-3-2-4-8-16/h2-14H,1H3,(H,23,24). The third kappa shape index (κ3) is 3.59. The van der Waals surface area contributed by atoms with Crippen molar-refractivity contribution in [3.05, 3.63) is 83.9 Å². The Kier molecular flexibility index (Phi) is 4.27. The first-order valence-corrected chi connectivity index (χ1v) is 8.92. The average Bonchev–Trinajstić information content (AvgIpc) is 3.09. The van der Waals surface area contributed by atoms with Crippen LogP contribution < -0.4 is 5.32 Å². The van der Waals surface area contributed by atoms with Gasteiger partial charge in [-0.3, -0.25) is 0 Å². The van der Waals surface area contributed by atoms with Crippen LogP contribution in [0, 0.1) is 6.92 Å². The SMILES string of the molecule is Cc1cnc(-c2cccc(Nc3cccc(-c4ccccc4)c3)n2)s1. The fraction of sp³-hybridized carbons (Fsp3) is 0.0476. The summed E-state index contributed by atoms with van der Waals surface area (Å²) in [6.07, 6.45) is 1.88. The van der Waals surface area contributed by atoms with Gasteiger partial charge in [-0.05, 0) is 42.3 Å². The number of hydrogen-bond acceptors (Lipinski definition) is 4. The lowest BCUT2D eigenvalue weighted by Crippen LogP contribution is -1.94. The highest BCUT2D eigenvalue weighted by atomic mass is 32.1. The topological polar surface area (TPSA) is 37.8 Å². The van der Waals surface area contributed by atoms with Gasteiger partial charge in [0.15, 0.2) is 0 Å². The molecule has 3 nitrogen and oxygen atoms in total. The van der Waals surface area contributed by atoms with Crippen LogP contribution in [0.15, 0.2) is 79.0 Å². The molecule has 0 spiro atoms. The molecule has 2 heterocycles. The van der Waals surface area contributed by atoms with Crippen LogP contribution in [0.1, 0.15) is 4.88 Å². The summed E-state index contributed by atoms with van der Waals surface area (Å²) in [5.74, 6) is 0.815. The van der Waals surface area contributed by atoms with Crippen molar-refractivity contribution in [3.8, 4) is 21.8 Å². The maximum Gasteiger partial charge on any atom is 0.142 e. The predicted octanol–water partition coefficient (Wildman–Crippen LogP) is 5.92. The van der Waals surface area contributed by atoms with Crippen LogP contribution >= 0.6 is 11.3 Å². The molecule has 0 saturated carbocycles. The van der Waals surface area contributed by atoms with Crippen molar-refractivity contribution >= 4 is 22.8 Å². The smallest absolute Gasteiger partial charge is 0.142 e. The predicted molar refractivity (Wildman–Crippen MR) is 105 cm³/mol. The Morgan fingerprint density at radius 2 is 1.64 bits per heavy atom. The van der Waals surface area contributed by atoms with Gasteiger partial charge in [-0.1, -0.05) is 48.5 Å². The third-order valence-electron chi connectivity index (χ3n) is 3.83. The molecule has 0 aliphatic rings. The maximum absolute atomic E-state index is 4.69. The second kappa shape index (κ2) is 6.87. The van der Waals surface area contributed by atoms with Gasteiger partial charge in [-0.15, -0.1) is 11.3 Å². The first-order chi connectivity index (χ1) is 12.3. The zero-order valence-corrected chi connectivity index (χ0v) is 14.6. The number of hydrogen-bond donors (Lipinski definition) is 1. The Labute approximate surface area is 151 Å². The van der Waals surface area contributed by atoms with E-state index in [2.05, 4.69) is 59.7 Å². The van der Waals surface area contributed by atoms with E-state index < -0.39 is 0 Å². The number of rotatable bonds is 4. The molecule has 1 N–H and O–H groups in total. The molecule has 4 rings (SSSR count). The van der Waals surface area contributed by atoms with Crippen LogP contribution in [0.2, 0.25) is 0 Å². The van der Waals surface area contributed by atoms with Gasteiger partial charge in [-0.2, -0.15) is 0 Å². The number of aromatic nitrogens is 2. The van der Waals surface area contributed by atoms with E-state index in [1.807, 2.05) is 36.5 Å². The summed E-state index contributed by atoms with van der Waals surface area (Å²) in [4.78, 5) is 10.3. The molecule has 0 fully saturated rings. The molecular weight excluding hydrogens is 326 g/mol. The van der Waals surface area contributed by atoms with Gasteiger partial charge < -0.3 is 5.32 Å². The number of nitrogens with zero attached hydrogens (tertiary/aromatic N) is 2. The third-order valence-corrected chi connectivity index (χ3v) is 4.77. The molecular formula is C21H17N3S. The number of benzene rings is 2. The number of thiazole rings is 1. The Balaban J connectivity index is 1.61. The van der Waals surface area contributed by atoms with E-state index in [0.29, 0.717) is 0 Å². The highest BCUT2D eigenvalue weighted by molar-refractivity contribution is 7.14. The highest BCUT2D eigenvalue weighted by Gasteiger charge is 2.06. The molecule has 4 aromatic rings. The monoisotopic (exact) mass is 343 g/mol. The summed E-state index contributed by atoms with van der Waals surface area (Å²) in [6.45, 7) is 2.05. The van der Waals surface area contributed by atoms with E-state index in [4.69, 9.17) is 4.98 Å². The fourth-order valence-corrected chi connectivity index (χ4v) is 3.39. The summed E-state index contributed by atoms with van der Waals surface area (Å²) in [7, 11) is 0. The Hall–Kier alpha value is -2.98. The summed E-state index contributed by atoms with van der Waals surface area (Å²) in [6, 6.07) is 24.7. The molecule has 122 valence electrons. The molecule has 0 aliphatic carbocycles. The Bertz CT molecular complexity index is 993. The lowest BCUT2D eigenvalue weighted by Gasteiger charge is -2.09. The molecule has 2 aromatic carbocycles. The van der Waals surface area contributed by atoms with Crippen molar-refractivity contribution in [3.63, 3.8) is 0 Å². The zero-order valence-electron chi connectivity index (χ0n) is 13.8. The van der Waals surface area contributed by atoms with Crippen LogP contribution in [-0.2, 0) is 0 Å². The molecule has 2 aromatic heterocycles. The van der Waals surface area contributed by atoms with Gasteiger partial charge in [0.25, 0.3) is 0 Å². The van der Waals surface area contributed by atoms with Crippen molar-refractivity contribution in [2.24, 2.45) is 0 Å². The molecule has 0 atom stereocenters. The molecule has 0 saturated heterocycles. The minimum absolute atomic E-state index is 0.815. The van der Waals surface area contributed by atoms with Crippen molar-refractivity contribution in [1.29, 1.82) is 0 Å². The summed E-state index contributed by atoms with van der Waals surface area (Å²) < 4.78 is 0. The van der Waals surface area contributed by atoms with Crippen LogP contribution in [0.3, 0.4) is 0 Å². The average molecular weight is 343 g/mol. The van der Waals surface area contributed by atoms with Gasteiger partial charge in [0.2, 0.25) is 0 Å². The number of anilines is 2. The number of pyridine rings is 1. The van der Waals surface area contributed by atoms with Gasteiger partial charge in [0.05, 0.1) is 0 Å². The summed E-state index contributed by atoms with van der Waals surface area (Å²) in [5.41, 5.74) is 4.28. The molecule has 25 heavy (non-hydrogen) atoms. The maximum atomic E-state index is 4.69. The van der Waals surface area contributed by atoms with E-state index in [1.165, 1.54) is 16.0 Å². The van der Waals surface area contributed by atoms with Crippen LogP contribution in [0.4, 0.5) is 11.5 Å². The zero-order chi connectivity index (χ0) is 17.1. The van der Waals surface area contributed by atoms with Crippen LogP contribution in [0.5, 0.6) is 0 Å². The van der Waals surface area contributed by atoms with Gasteiger partial charge in [0.1, 0.15) is 16.5 Å². The largest absolute Gasteiger partial charge is 0.340 e. The van der Waals surface area contributed by atoms with Crippen LogP contribution in [-0.4, -0.2) is 9.97 Å². The van der Waals surface area contributed by atoms with Crippen LogP contribution in [0.25, 0.3) is 21.8 Å². The molecule has 4 heteroatoms. The number of nitrogens with one attached hydrogen (secondary N) is 1.